The maximum absolute atomic E-state index is 13.0. The quantitative estimate of drug-likeness (QED) is 0.314. The maximum Gasteiger partial charge on any atom is 0.416 e. The summed E-state index contributed by atoms with van der Waals surface area (Å²) in [5.41, 5.74) is 2.75. The van der Waals surface area contributed by atoms with Gasteiger partial charge in [0, 0.05) is 34.1 Å². The lowest BCUT2D eigenvalue weighted by molar-refractivity contribution is -0.137. The van der Waals surface area contributed by atoms with Crippen LogP contribution in [0.1, 0.15) is 15.9 Å². The number of pyridine rings is 1. The van der Waals surface area contributed by atoms with Crippen LogP contribution in [0.4, 0.5) is 18.9 Å². The molecule has 2 aromatic carbocycles. The summed E-state index contributed by atoms with van der Waals surface area (Å²) < 4.78 is 39.9. The summed E-state index contributed by atoms with van der Waals surface area (Å²) in [4.78, 5) is 26.5. The number of halogens is 3. The largest absolute Gasteiger partial charge is 0.416 e. The minimum absolute atomic E-state index is 0.0788. The third-order valence-corrected chi connectivity index (χ3v) is 6.30. The van der Waals surface area contributed by atoms with Crippen LogP contribution in [0, 0.1) is 0 Å². The first-order chi connectivity index (χ1) is 16.4. The molecule has 0 fully saturated rings. The van der Waals surface area contributed by atoms with Gasteiger partial charge in [0.2, 0.25) is 0 Å². The second-order valence-corrected chi connectivity index (χ2v) is 8.45. The number of nitrogens with one attached hydrogen (secondary N) is 1. The number of amides is 1. The molecule has 0 aliphatic rings. The average Bonchev–Trinajstić information content (AvgIpc) is 3.29. The standard InChI is InChI=1S/C25H15F3N4OS/c26-25(27,28)18-5-1-4-17(11-18)24(33)32-19-6-2-3-16(12-19)22-23-20(30-14-31-22)13-21(34-23)15-7-9-29-10-8-15/h1-14H,(H,32,33). The highest BCUT2D eigenvalue weighted by molar-refractivity contribution is 7.22. The van der Waals surface area contributed by atoms with E-state index in [1.54, 1.807) is 41.9 Å². The first-order valence-corrected chi connectivity index (χ1v) is 10.9. The van der Waals surface area contributed by atoms with Gasteiger partial charge >= 0.3 is 6.18 Å². The van der Waals surface area contributed by atoms with Gasteiger partial charge in [-0.15, -0.1) is 11.3 Å². The number of anilines is 1. The van der Waals surface area contributed by atoms with Crippen molar-refractivity contribution < 1.29 is 18.0 Å². The van der Waals surface area contributed by atoms with E-state index >= 15 is 0 Å². The predicted molar refractivity (Wildman–Crippen MR) is 125 cm³/mol. The van der Waals surface area contributed by atoms with Gasteiger partial charge in [0.05, 0.1) is 21.5 Å². The molecule has 0 radical (unpaired) electrons. The van der Waals surface area contributed by atoms with Crippen molar-refractivity contribution in [2.24, 2.45) is 0 Å². The number of rotatable bonds is 4. The van der Waals surface area contributed by atoms with E-state index in [4.69, 9.17) is 0 Å². The molecule has 3 aromatic heterocycles. The molecule has 34 heavy (non-hydrogen) atoms. The van der Waals surface area contributed by atoms with E-state index in [1.807, 2.05) is 24.3 Å². The average molecular weight is 476 g/mol. The molecule has 0 unspecified atom stereocenters. The first-order valence-electron chi connectivity index (χ1n) is 10.1. The van der Waals surface area contributed by atoms with E-state index in [1.165, 1.54) is 18.5 Å². The van der Waals surface area contributed by atoms with Crippen LogP contribution in [0.25, 0.3) is 31.9 Å². The molecule has 1 amide bonds. The number of carbonyl (C=O) groups excluding carboxylic acids is 1. The Kier molecular flexibility index (Phi) is 5.54. The summed E-state index contributed by atoms with van der Waals surface area (Å²) in [5.74, 6) is -0.632. The van der Waals surface area contributed by atoms with Crippen molar-refractivity contribution in [2.45, 2.75) is 6.18 Å². The van der Waals surface area contributed by atoms with Gasteiger partial charge in [-0.3, -0.25) is 9.78 Å². The van der Waals surface area contributed by atoms with Crippen molar-refractivity contribution in [1.29, 1.82) is 0 Å². The molecule has 0 bridgehead atoms. The van der Waals surface area contributed by atoms with E-state index in [0.29, 0.717) is 11.4 Å². The number of nitrogens with zero attached hydrogens (tertiary/aromatic N) is 3. The number of fused-ring (bicyclic) bond motifs is 1. The fraction of sp³-hybridized carbons (Fsp3) is 0.0400. The first kappa shape index (κ1) is 21.7. The highest BCUT2D eigenvalue weighted by Crippen LogP contribution is 2.37. The number of alkyl halides is 3. The lowest BCUT2D eigenvalue weighted by atomic mass is 10.1. The van der Waals surface area contributed by atoms with Gasteiger partial charge in [-0.2, -0.15) is 13.2 Å². The summed E-state index contributed by atoms with van der Waals surface area (Å²) >= 11 is 1.55. The Morgan fingerprint density at radius 3 is 2.47 bits per heavy atom. The molecule has 0 aliphatic carbocycles. The molecule has 0 spiro atoms. The minimum atomic E-state index is -4.52. The zero-order valence-electron chi connectivity index (χ0n) is 17.4. The van der Waals surface area contributed by atoms with Crippen LogP contribution in [-0.4, -0.2) is 20.9 Å². The van der Waals surface area contributed by atoms with Crippen molar-refractivity contribution in [2.75, 3.05) is 5.32 Å². The second-order valence-electron chi connectivity index (χ2n) is 7.40. The number of hydrogen-bond acceptors (Lipinski definition) is 5. The smallest absolute Gasteiger partial charge is 0.322 e. The molecular formula is C25H15F3N4OS. The van der Waals surface area contributed by atoms with Gasteiger partial charge in [-0.05, 0) is 54.1 Å². The van der Waals surface area contributed by atoms with Crippen LogP contribution >= 0.6 is 11.3 Å². The monoisotopic (exact) mass is 476 g/mol. The number of thiophene rings is 1. The SMILES string of the molecule is O=C(Nc1cccc(-c2ncnc3cc(-c4ccncc4)sc23)c1)c1cccc(C(F)(F)F)c1. The Hall–Kier alpha value is -4.11. The van der Waals surface area contributed by atoms with Crippen LogP contribution in [0.15, 0.2) is 85.5 Å². The molecule has 0 aliphatic heterocycles. The summed E-state index contributed by atoms with van der Waals surface area (Å²) in [6.07, 6.45) is 0.407. The lowest BCUT2D eigenvalue weighted by Gasteiger charge is -2.10. The van der Waals surface area contributed by atoms with Gasteiger partial charge in [0.1, 0.15) is 6.33 Å². The third kappa shape index (κ3) is 4.38. The Morgan fingerprint density at radius 2 is 1.68 bits per heavy atom. The third-order valence-electron chi connectivity index (χ3n) is 5.12. The number of aromatic nitrogens is 3. The number of benzene rings is 2. The van der Waals surface area contributed by atoms with Gasteiger partial charge < -0.3 is 5.32 Å². The molecule has 5 rings (SSSR count). The van der Waals surface area contributed by atoms with Crippen molar-refractivity contribution in [3.8, 4) is 21.7 Å². The van der Waals surface area contributed by atoms with Crippen LogP contribution in [0.5, 0.6) is 0 Å². The molecule has 5 nitrogen and oxygen atoms in total. The highest BCUT2D eigenvalue weighted by atomic mass is 32.1. The van der Waals surface area contributed by atoms with Crippen molar-refractivity contribution in [3.05, 3.63) is 96.6 Å². The van der Waals surface area contributed by atoms with E-state index in [9.17, 15) is 18.0 Å². The van der Waals surface area contributed by atoms with Crippen molar-refractivity contribution in [1.82, 2.24) is 15.0 Å². The zero-order valence-corrected chi connectivity index (χ0v) is 18.2. The summed E-state index contributed by atoms with van der Waals surface area (Å²) in [5, 5.41) is 2.67. The molecule has 0 atom stereocenters. The molecular weight excluding hydrogens is 461 g/mol. The maximum atomic E-state index is 13.0. The summed E-state index contributed by atoms with van der Waals surface area (Å²) in [6.45, 7) is 0. The van der Waals surface area contributed by atoms with Gasteiger partial charge in [-0.1, -0.05) is 18.2 Å². The van der Waals surface area contributed by atoms with E-state index in [0.717, 1.165) is 38.4 Å². The van der Waals surface area contributed by atoms with Crippen LogP contribution < -0.4 is 5.32 Å². The second kappa shape index (κ2) is 8.68. The highest BCUT2D eigenvalue weighted by Gasteiger charge is 2.30. The predicted octanol–water partition coefficient (Wildman–Crippen LogP) is 6.69. The zero-order chi connectivity index (χ0) is 23.7. The molecule has 5 aromatic rings. The van der Waals surface area contributed by atoms with E-state index < -0.39 is 17.6 Å². The lowest BCUT2D eigenvalue weighted by Crippen LogP contribution is -2.14. The topological polar surface area (TPSA) is 67.8 Å². The van der Waals surface area contributed by atoms with E-state index in [-0.39, 0.29) is 5.56 Å². The Balaban J connectivity index is 1.46. The van der Waals surface area contributed by atoms with Crippen LogP contribution in [-0.2, 0) is 6.18 Å². The minimum Gasteiger partial charge on any atom is -0.322 e. The Labute approximate surface area is 196 Å². The Bertz CT molecular complexity index is 1500. The van der Waals surface area contributed by atoms with Crippen molar-refractivity contribution >= 4 is 33.1 Å². The Morgan fingerprint density at radius 1 is 0.882 bits per heavy atom. The van der Waals surface area contributed by atoms with Crippen LogP contribution in [0.2, 0.25) is 0 Å². The van der Waals surface area contributed by atoms with Crippen LogP contribution in [0.3, 0.4) is 0 Å². The van der Waals surface area contributed by atoms with E-state index in [2.05, 4.69) is 20.3 Å². The van der Waals surface area contributed by atoms with Crippen molar-refractivity contribution in [3.63, 3.8) is 0 Å². The summed E-state index contributed by atoms with van der Waals surface area (Å²) in [7, 11) is 0. The molecule has 3 heterocycles. The molecule has 0 saturated heterocycles. The van der Waals surface area contributed by atoms with Gasteiger partial charge in [0.15, 0.2) is 0 Å². The number of carbonyl (C=O) groups is 1. The fourth-order valence-electron chi connectivity index (χ4n) is 3.50. The van der Waals surface area contributed by atoms with Gasteiger partial charge in [0.25, 0.3) is 5.91 Å². The molecule has 168 valence electrons. The normalized spacial score (nSPS) is 11.5. The number of hydrogen-bond donors (Lipinski definition) is 1. The molecule has 1 N–H and O–H groups in total. The molecule has 9 heteroatoms. The summed E-state index contributed by atoms with van der Waals surface area (Å²) in [6, 6.07) is 17.2. The molecule has 0 saturated carbocycles. The fourth-order valence-corrected chi connectivity index (χ4v) is 4.63. The van der Waals surface area contributed by atoms with Gasteiger partial charge in [-0.25, -0.2) is 9.97 Å².